The second-order valence-corrected chi connectivity index (χ2v) is 5.99. The highest BCUT2D eigenvalue weighted by Crippen LogP contribution is 2.26. The maximum atomic E-state index is 8.77. The third-order valence-electron chi connectivity index (χ3n) is 2.54. The lowest BCUT2D eigenvalue weighted by molar-refractivity contribution is 0.325. The average molecular weight is 275 g/mol. The number of pyridine rings is 1. The van der Waals surface area contributed by atoms with Gasteiger partial charge in [-0.1, -0.05) is 32.4 Å². The van der Waals surface area contributed by atoms with Crippen molar-refractivity contribution >= 4 is 11.6 Å². The van der Waals surface area contributed by atoms with E-state index in [0.717, 1.165) is 17.7 Å². The molecule has 0 atom stereocenters. The van der Waals surface area contributed by atoms with Crippen LogP contribution in [0.1, 0.15) is 26.5 Å². The van der Waals surface area contributed by atoms with Crippen LogP contribution < -0.4 is 0 Å². The van der Waals surface area contributed by atoms with Crippen LogP contribution in [-0.2, 0) is 6.54 Å². The second-order valence-electron chi connectivity index (χ2n) is 5.63. The second kappa shape index (κ2) is 5.02. The molecule has 0 amide bonds. The molecule has 0 unspecified atom stereocenters. The van der Waals surface area contributed by atoms with Crippen LogP contribution in [0.15, 0.2) is 24.5 Å². The predicted octanol–water partition coefficient (Wildman–Crippen LogP) is 3.52. The van der Waals surface area contributed by atoms with Crippen LogP contribution in [0.4, 0.5) is 0 Å². The van der Waals surface area contributed by atoms with E-state index < -0.39 is 0 Å². The number of nitriles is 1. The summed E-state index contributed by atoms with van der Waals surface area (Å²) in [6.45, 7) is 7.30. The van der Waals surface area contributed by atoms with Gasteiger partial charge >= 0.3 is 0 Å². The Kier molecular flexibility index (Phi) is 3.59. The Morgan fingerprint density at radius 1 is 1.37 bits per heavy atom. The molecule has 0 aromatic carbocycles. The van der Waals surface area contributed by atoms with E-state index in [9.17, 15) is 0 Å². The first-order valence-electron chi connectivity index (χ1n) is 5.98. The quantitative estimate of drug-likeness (QED) is 0.788. The minimum Gasteiger partial charge on any atom is -0.272 e. The summed E-state index contributed by atoms with van der Waals surface area (Å²) in [7, 11) is 0. The molecule has 0 spiro atoms. The Balaban J connectivity index is 2.31. The molecule has 4 nitrogen and oxygen atoms in total. The van der Waals surface area contributed by atoms with Gasteiger partial charge in [0.05, 0.1) is 6.20 Å². The number of hydrogen-bond acceptors (Lipinski definition) is 3. The minimum absolute atomic E-state index is 0.163. The normalized spacial score (nSPS) is 11.3. The molecular formula is C14H15ClN4. The van der Waals surface area contributed by atoms with E-state index in [0.29, 0.717) is 10.8 Å². The van der Waals surface area contributed by atoms with Gasteiger partial charge in [-0.2, -0.15) is 10.4 Å². The fourth-order valence-electron chi connectivity index (χ4n) is 1.79. The summed E-state index contributed by atoms with van der Waals surface area (Å²) in [5.74, 6) is 0. The molecule has 0 aliphatic heterocycles. The predicted molar refractivity (Wildman–Crippen MR) is 74.6 cm³/mol. The first kappa shape index (κ1) is 13.6. The fraction of sp³-hybridized carbons (Fsp3) is 0.357. The smallest absolute Gasteiger partial charge is 0.142 e. The Bertz CT molecular complexity index is 632. The molecule has 0 aliphatic carbocycles. The van der Waals surface area contributed by atoms with Gasteiger partial charge in [0.2, 0.25) is 0 Å². The van der Waals surface area contributed by atoms with Crippen LogP contribution in [0, 0.1) is 16.7 Å². The maximum Gasteiger partial charge on any atom is 0.142 e. The number of halogens is 1. The first-order valence-corrected chi connectivity index (χ1v) is 6.36. The molecule has 0 radical (unpaired) electrons. The number of rotatable bonds is 2. The van der Waals surface area contributed by atoms with Crippen LogP contribution in [0.2, 0.25) is 5.15 Å². The molecule has 2 aromatic rings. The molecule has 0 aliphatic rings. The number of hydrogen-bond donors (Lipinski definition) is 0. The van der Waals surface area contributed by atoms with Crippen molar-refractivity contribution in [3.63, 3.8) is 0 Å². The summed E-state index contributed by atoms with van der Waals surface area (Å²) >= 11 is 6.09. The van der Waals surface area contributed by atoms with Crippen LogP contribution in [-0.4, -0.2) is 14.8 Å². The zero-order valence-electron chi connectivity index (χ0n) is 11.2. The Morgan fingerprint density at radius 2 is 2.11 bits per heavy atom. The van der Waals surface area contributed by atoms with E-state index in [2.05, 4.69) is 30.9 Å². The van der Waals surface area contributed by atoms with Gasteiger partial charge in [0.15, 0.2) is 0 Å². The van der Waals surface area contributed by atoms with E-state index in [1.165, 1.54) is 0 Å². The van der Waals surface area contributed by atoms with Gasteiger partial charge in [-0.05, 0) is 17.5 Å². The summed E-state index contributed by atoms with van der Waals surface area (Å²) in [6.07, 6.45) is 3.71. The first-order chi connectivity index (χ1) is 8.89. The van der Waals surface area contributed by atoms with Gasteiger partial charge < -0.3 is 0 Å². The molecule has 0 fully saturated rings. The van der Waals surface area contributed by atoms with Crippen LogP contribution in [0.5, 0.6) is 0 Å². The molecule has 2 rings (SSSR count). The van der Waals surface area contributed by atoms with Crippen LogP contribution in [0.3, 0.4) is 0 Å². The molecule has 0 bridgehead atoms. The molecule has 2 heterocycles. The van der Waals surface area contributed by atoms with Crippen LogP contribution >= 0.6 is 11.6 Å². The zero-order valence-corrected chi connectivity index (χ0v) is 11.9. The van der Waals surface area contributed by atoms with E-state index in [-0.39, 0.29) is 5.41 Å². The highest BCUT2D eigenvalue weighted by atomic mass is 35.5. The highest BCUT2D eigenvalue weighted by Gasteiger charge is 2.13. The lowest BCUT2D eigenvalue weighted by Gasteiger charge is -2.17. The summed E-state index contributed by atoms with van der Waals surface area (Å²) in [5.41, 5.74) is 2.18. The summed E-state index contributed by atoms with van der Waals surface area (Å²) in [6, 6.07) is 5.42. The molecule has 0 N–H and O–H groups in total. The van der Waals surface area contributed by atoms with E-state index in [1.54, 1.807) is 18.3 Å². The molecule has 0 saturated carbocycles. The molecular weight excluding hydrogens is 260 g/mol. The van der Waals surface area contributed by atoms with Gasteiger partial charge in [0.25, 0.3) is 0 Å². The average Bonchev–Trinajstić information content (AvgIpc) is 2.74. The summed E-state index contributed by atoms with van der Waals surface area (Å²) in [4.78, 5) is 4.02. The minimum atomic E-state index is 0.163. The summed E-state index contributed by atoms with van der Waals surface area (Å²) < 4.78 is 1.89. The van der Waals surface area contributed by atoms with Crippen molar-refractivity contribution in [3.05, 3.63) is 35.4 Å². The standard InChI is InChI=1S/C14H15ClN4/c1-14(2,3)9-19-8-10(7-17-19)12-5-4-11(6-16)18-13(12)15/h4-5,7-8H,9H2,1-3H3. The fourth-order valence-corrected chi connectivity index (χ4v) is 2.05. The SMILES string of the molecule is CC(C)(C)Cn1cc(-c2ccc(C#N)nc2Cl)cn1. The van der Waals surface area contributed by atoms with Crippen molar-refractivity contribution in [2.75, 3.05) is 0 Å². The molecule has 19 heavy (non-hydrogen) atoms. The Hall–Kier alpha value is -1.86. The van der Waals surface area contributed by atoms with Gasteiger partial charge in [0, 0.05) is 23.9 Å². The maximum absolute atomic E-state index is 8.77. The van der Waals surface area contributed by atoms with Crippen molar-refractivity contribution in [1.29, 1.82) is 5.26 Å². The molecule has 2 aromatic heterocycles. The van der Waals surface area contributed by atoms with Crippen LogP contribution in [0.25, 0.3) is 11.1 Å². The van der Waals surface area contributed by atoms with E-state index in [4.69, 9.17) is 16.9 Å². The zero-order chi connectivity index (χ0) is 14.0. The highest BCUT2D eigenvalue weighted by molar-refractivity contribution is 6.32. The lowest BCUT2D eigenvalue weighted by Crippen LogP contribution is -2.15. The van der Waals surface area contributed by atoms with Crippen molar-refractivity contribution in [3.8, 4) is 17.2 Å². The van der Waals surface area contributed by atoms with Crippen molar-refractivity contribution in [2.24, 2.45) is 5.41 Å². The molecule has 0 saturated heterocycles. The Morgan fingerprint density at radius 3 is 2.68 bits per heavy atom. The van der Waals surface area contributed by atoms with E-state index in [1.807, 2.05) is 16.9 Å². The van der Waals surface area contributed by atoms with Crippen molar-refractivity contribution < 1.29 is 0 Å². The van der Waals surface area contributed by atoms with Crippen molar-refractivity contribution in [1.82, 2.24) is 14.8 Å². The molecule has 98 valence electrons. The largest absolute Gasteiger partial charge is 0.272 e. The summed E-state index contributed by atoms with van der Waals surface area (Å²) in [5, 5.41) is 13.4. The topological polar surface area (TPSA) is 54.5 Å². The van der Waals surface area contributed by atoms with Gasteiger partial charge in [-0.25, -0.2) is 4.98 Å². The Labute approximate surface area is 117 Å². The third kappa shape index (κ3) is 3.33. The lowest BCUT2D eigenvalue weighted by atomic mass is 9.97. The van der Waals surface area contributed by atoms with Gasteiger partial charge in [-0.3, -0.25) is 4.68 Å². The number of aromatic nitrogens is 3. The van der Waals surface area contributed by atoms with E-state index >= 15 is 0 Å². The van der Waals surface area contributed by atoms with Crippen molar-refractivity contribution in [2.45, 2.75) is 27.3 Å². The monoisotopic (exact) mass is 274 g/mol. The number of nitrogens with zero attached hydrogens (tertiary/aromatic N) is 4. The molecule has 5 heteroatoms. The third-order valence-corrected chi connectivity index (χ3v) is 2.83. The van der Waals surface area contributed by atoms with Gasteiger partial charge in [0.1, 0.15) is 16.9 Å². The van der Waals surface area contributed by atoms with Gasteiger partial charge in [-0.15, -0.1) is 0 Å².